The van der Waals surface area contributed by atoms with E-state index in [-0.39, 0.29) is 49.2 Å². The Morgan fingerprint density at radius 1 is 0.867 bits per heavy atom. The van der Waals surface area contributed by atoms with E-state index in [1.165, 1.54) is 21.1 Å². The predicted octanol–water partition coefficient (Wildman–Crippen LogP) is 5.10. The van der Waals surface area contributed by atoms with Crippen molar-refractivity contribution in [1.82, 2.24) is 45.3 Å². The summed E-state index contributed by atoms with van der Waals surface area (Å²) < 4.78 is 9.49. The zero-order valence-electron chi connectivity index (χ0n) is 35.5. The fourth-order valence-corrected chi connectivity index (χ4v) is 6.91. The van der Waals surface area contributed by atoms with Gasteiger partial charge in [0, 0.05) is 56.0 Å². The number of nitrogens with one attached hydrogen (secondary N) is 4. The number of amides is 5. The van der Waals surface area contributed by atoms with Gasteiger partial charge >= 0.3 is 12.2 Å². The van der Waals surface area contributed by atoms with E-state index < -0.39 is 30.3 Å². The van der Waals surface area contributed by atoms with Crippen LogP contribution >= 0.6 is 0 Å². The summed E-state index contributed by atoms with van der Waals surface area (Å²) in [6.45, 7) is 12.6. The maximum absolute atomic E-state index is 13.8. The molecule has 4 aromatic rings. The van der Waals surface area contributed by atoms with Crippen LogP contribution in [0.4, 0.5) is 9.59 Å². The van der Waals surface area contributed by atoms with Gasteiger partial charge in [-0.05, 0) is 48.1 Å². The number of H-pyrrole nitrogens is 2. The lowest BCUT2D eigenvalue weighted by Gasteiger charge is -2.42. The van der Waals surface area contributed by atoms with E-state index in [0.717, 1.165) is 34.4 Å². The van der Waals surface area contributed by atoms with Crippen molar-refractivity contribution in [3.8, 4) is 34.4 Å². The molecule has 3 heterocycles. The van der Waals surface area contributed by atoms with Crippen molar-refractivity contribution in [1.29, 1.82) is 0 Å². The van der Waals surface area contributed by atoms with E-state index in [2.05, 4.69) is 37.4 Å². The molecule has 1 fully saturated rings. The van der Waals surface area contributed by atoms with Crippen molar-refractivity contribution < 1.29 is 33.4 Å². The van der Waals surface area contributed by atoms with Crippen molar-refractivity contribution in [2.45, 2.75) is 72.6 Å². The Morgan fingerprint density at radius 3 is 2.00 bits per heavy atom. The second kappa shape index (κ2) is 20.4. The molecule has 2 aromatic heterocycles. The van der Waals surface area contributed by atoms with Gasteiger partial charge in [0.2, 0.25) is 17.7 Å². The molecule has 16 heteroatoms. The average molecular weight is 822 g/mol. The molecule has 0 saturated carbocycles. The van der Waals surface area contributed by atoms with Crippen molar-refractivity contribution in [3.05, 3.63) is 83.7 Å². The van der Waals surface area contributed by atoms with Gasteiger partial charge in [0.25, 0.3) is 0 Å². The summed E-state index contributed by atoms with van der Waals surface area (Å²) in [4.78, 5) is 84.6. The fourth-order valence-electron chi connectivity index (χ4n) is 6.91. The number of ether oxygens (including phenoxy) is 2. The topological polar surface area (TPSA) is 195 Å². The lowest BCUT2D eigenvalue weighted by Crippen LogP contribution is -2.58. The number of aromatic nitrogens is 4. The normalized spacial score (nSPS) is 14.8. The summed E-state index contributed by atoms with van der Waals surface area (Å²) in [6, 6.07) is 13.4. The van der Waals surface area contributed by atoms with Gasteiger partial charge in [-0.2, -0.15) is 0 Å². The third kappa shape index (κ3) is 11.1. The number of nitrogens with zero attached hydrogens (tertiary/aromatic N) is 5. The van der Waals surface area contributed by atoms with Crippen LogP contribution < -0.4 is 10.6 Å². The molecule has 5 rings (SSSR count). The van der Waals surface area contributed by atoms with E-state index in [4.69, 9.17) is 14.5 Å². The number of carbonyl (C=O) groups is 5. The molecule has 16 nitrogen and oxygen atoms in total. The fraction of sp³-hybridized carbons (Fsp3) is 0.432. The molecule has 318 valence electrons. The molecule has 0 unspecified atom stereocenters. The van der Waals surface area contributed by atoms with Gasteiger partial charge in [0.05, 0.1) is 38.3 Å². The van der Waals surface area contributed by atoms with Crippen molar-refractivity contribution in [3.63, 3.8) is 0 Å². The van der Waals surface area contributed by atoms with Crippen LogP contribution in [0.5, 0.6) is 0 Å². The zero-order valence-corrected chi connectivity index (χ0v) is 35.5. The second-order valence-electron chi connectivity index (χ2n) is 15.3. The number of aromatic amines is 2. The van der Waals surface area contributed by atoms with Crippen molar-refractivity contribution in [2.24, 2.45) is 11.8 Å². The van der Waals surface area contributed by atoms with Crippen LogP contribution in [0.3, 0.4) is 0 Å². The number of rotatable bonds is 13. The Labute approximate surface area is 350 Å². The summed E-state index contributed by atoms with van der Waals surface area (Å²) >= 11 is 0. The lowest BCUT2D eigenvalue weighted by molar-refractivity contribution is -0.144. The van der Waals surface area contributed by atoms with Crippen LogP contribution in [0, 0.1) is 23.7 Å². The first-order chi connectivity index (χ1) is 28.7. The first kappa shape index (κ1) is 44.5. The maximum atomic E-state index is 13.8. The summed E-state index contributed by atoms with van der Waals surface area (Å²) in [5, 5.41) is 5.32. The van der Waals surface area contributed by atoms with Crippen LogP contribution in [0.15, 0.2) is 60.9 Å². The minimum Gasteiger partial charge on any atom is -0.453 e. The highest BCUT2D eigenvalue weighted by Gasteiger charge is 2.39. The molecule has 0 bridgehead atoms. The Morgan fingerprint density at radius 2 is 1.45 bits per heavy atom. The molecule has 1 aliphatic heterocycles. The standard InChI is InChI=1S/C44H55N9O7/c1-9-20-52(41(55)38(27(2)3)49-43(57)59-7)26-37-45-23-34(47-37)32-16-12-30(13-17-32)10-11-31-14-18-33(19-15-31)35-24-46-40(48-35)36-25-51(29(6)54)21-22-53(36)42(56)39(28(4)5)50-44(58)60-8/h12-19,23-24,27-28,36,38-39H,9,20-22,25-26H2,1-8H3,(H,45,47)(H,46,48)(H,49,57)(H,50,58)/t36-,38-,39-/m0/s1. The van der Waals surface area contributed by atoms with Crippen molar-refractivity contribution in [2.75, 3.05) is 40.4 Å². The highest BCUT2D eigenvalue weighted by atomic mass is 16.5. The number of piperazine rings is 1. The molecule has 60 heavy (non-hydrogen) atoms. The van der Waals surface area contributed by atoms with Gasteiger partial charge in [-0.3, -0.25) is 14.4 Å². The number of hydrogen-bond donors (Lipinski definition) is 4. The minimum atomic E-state index is -0.815. The third-order valence-electron chi connectivity index (χ3n) is 10.3. The molecule has 5 amide bonds. The molecule has 1 aliphatic rings. The number of imidazole rings is 2. The van der Waals surface area contributed by atoms with Gasteiger partial charge in [-0.1, -0.05) is 70.7 Å². The molecule has 0 radical (unpaired) electrons. The Bertz CT molecular complexity index is 2180. The zero-order chi connectivity index (χ0) is 43.5. The maximum Gasteiger partial charge on any atom is 0.407 e. The molecule has 3 atom stereocenters. The third-order valence-corrected chi connectivity index (χ3v) is 10.3. The molecular weight excluding hydrogens is 767 g/mol. The van der Waals surface area contributed by atoms with E-state index in [9.17, 15) is 24.0 Å². The predicted molar refractivity (Wildman–Crippen MR) is 225 cm³/mol. The van der Waals surface area contributed by atoms with E-state index in [0.29, 0.717) is 30.4 Å². The average Bonchev–Trinajstić information content (AvgIpc) is 3.94. The van der Waals surface area contributed by atoms with Gasteiger partial charge in [-0.25, -0.2) is 19.6 Å². The first-order valence-electron chi connectivity index (χ1n) is 20.1. The SMILES string of the molecule is CCCN(Cc1ncc(-c2ccc(C#Cc3ccc(-c4c[nH]c([C@@H]5CN(C(C)=O)CCN5C(=O)[C@@H](NC(=O)OC)C(C)C)n4)cc3)cc2)[nH]1)C(=O)[C@@H](NC(=O)OC)C(C)C. The largest absolute Gasteiger partial charge is 0.453 e. The number of carbonyl (C=O) groups excluding carboxylic acids is 5. The number of methoxy groups -OCH3 is 2. The Kier molecular flexibility index (Phi) is 15.1. The molecular formula is C44H55N9O7. The first-order valence-corrected chi connectivity index (χ1v) is 20.1. The highest BCUT2D eigenvalue weighted by Crippen LogP contribution is 2.28. The molecule has 2 aromatic carbocycles. The van der Waals surface area contributed by atoms with E-state index in [1.54, 1.807) is 27.1 Å². The van der Waals surface area contributed by atoms with Gasteiger partial charge in [-0.15, -0.1) is 0 Å². The van der Waals surface area contributed by atoms with Crippen LogP contribution in [-0.4, -0.2) is 117 Å². The van der Waals surface area contributed by atoms with Crippen molar-refractivity contribution >= 4 is 29.9 Å². The number of alkyl carbamates (subject to hydrolysis) is 2. The van der Waals surface area contributed by atoms with Crippen LogP contribution in [-0.2, 0) is 30.4 Å². The summed E-state index contributed by atoms with van der Waals surface area (Å²) in [7, 11) is 2.52. The smallest absolute Gasteiger partial charge is 0.407 e. The van der Waals surface area contributed by atoms with E-state index in [1.807, 2.05) is 83.1 Å². The number of hydrogen-bond acceptors (Lipinski definition) is 9. The summed E-state index contributed by atoms with van der Waals surface area (Å²) in [5.41, 5.74) is 4.86. The number of benzene rings is 2. The van der Waals surface area contributed by atoms with Crippen LogP contribution in [0.1, 0.15) is 76.8 Å². The molecule has 0 spiro atoms. The van der Waals surface area contributed by atoms with Gasteiger partial charge in [0.1, 0.15) is 29.8 Å². The van der Waals surface area contributed by atoms with Gasteiger partial charge in [0.15, 0.2) is 0 Å². The van der Waals surface area contributed by atoms with Crippen LogP contribution in [0.25, 0.3) is 22.5 Å². The highest BCUT2D eigenvalue weighted by molar-refractivity contribution is 5.87. The summed E-state index contributed by atoms with van der Waals surface area (Å²) in [5.74, 6) is 6.68. The summed E-state index contributed by atoms with van der Waals surface area (Å²) in [6.07, 6.45) is 2.91. The van der Waals surface area contributed by atoms with Crippen LogP contribution in [0.2, 0.25) is 0 Å². The quantitative estimate of drug-likeness (QED) is 0.133. The Hall–Kier alpha value is -6.63. The molecule has 4 N–H and O–H groups in total. The van der Waals surface area contributed by atoms with Gasteiger partial charge < -0.3 is 44.8 Å². The Balaban J connectivity index is 1.25. The molecule has 1 saturated heterocycles. The second-order valence-corrected chi connectivity index (χ2v) is 15.3. The minimum absolute atomic E-state index is 0.0966. The molecule has 0 aliphatic carbocycles. The lowest BCUT2D eigenvalue weighted by atomic mass is 10.0. The monoisotopic (exact) mass is 821 g/mol. The van der Waals surface area contributed by atoms with E-state index >= 15 is 0 Å².